The molecule has 0 bridgehead atoms. The van der Waals surface area contributed by atoms with Crippen LogP contribution in [0.15, 0.2) is 42.1 Å². The molecule has 1 fully saturated rings. The fourth-order valence-corrected chi connectivity index (χ4v) is 2.62. The molecule has 1 aliphatic rings. The molecule has 0 unspecified atom stereocenters. The van der Waals surface area contributed by atoms with E-state index in [0.717, 1.165) is 32.7 Å². The third kappa shape index (κ3) is 4.94. The van der Waals surface area contributed by atoms with Crippen LogP contribution in [0.1, 0.15) is 26.3 Å². The van der Waals surface area contributed by atoms with Gasteiger partial charge in [-0.15, -0.1) is 0 Å². The van der Waals surface area contributed by atoms with Gasteiger partial charge in [0.25, 0.3) is 0 Å². The molecule has 0 radical (unpaired) electrons. The molecule has 23 heavy (non-hydrogen) atoms. The van der Waals surface area contributed by atoms with E-state index in [2.05, 4.69) is 40.1 Å². The number of nitriles is 1. The molecule has 0 saturated carbocycles. The summed E-state index contributed by atoms with van der Waals surface area (Å²) in [5.74, 6) is -0.0910. The quantitative estimate of drug-likeness (QED) is 0.634. The number of benzene rings is 1. The van der Waals surface area contributed by atoms with E-state index in [9.17, 15) is 10.1 Å². The normalized spacial score (nSPS) is 17.0. The summed E-state index contributed by atoms with van der Waals surface area (Å²) in [4.78, 5) is 16.7. The molecule has 0 N–H and O–H groups in total. The SMILES string of the molecule is CC(C)(C)C(=O)/C(C#N)=C/N1CCN(Cc2ccccc2)CC1. The second-order valence-electron chi connectivity index (χ2n) is 7.03. The van der Waals surface area contributed by atoms with Crippen molar-refractivity contribution in [2.24, 2.45) is 5.41 Å². The van der Waals surface area contributed by atoms with Crippen molar-refractivity contribution in [2.45, 2.75) is 27.3 Å². The number of carbonyl (C=O) groups excluding carboxylic acids is 1. The Morgan fingerprint density at radius 3 is 2.30 bits per heavy atom. The fraction of sp³-hybridized carbons (Fsp3) is 0.474. The molecule has 1 heterocycles. The van der Waals surface area contributed by atoms with Crippen molar-refractivity contribution < 1.29 is 4.79 Å². The van der Waals surface area contributed by atoms with Gasteiger partial charge in [0.1, 0.15) is 11.6 Å². The zero-order valence-electron chi connectivity index (χ0n) is 14.2. The van der Waals surface area contributed by atoms with Crippen LogP contribution in [0, 0.1) is 16.7 Å². The first kappa shape index (κ1) is 17.2. The van der Waals surface area contributed by atoms with Crippen LogP contribution in [0.5, 0.6) is 0 Å². The predicted molar refractivity (Wildman–Crippen MR) is 91.5 cm³/mol. The smallest absolute Gasteiger partial charge is 0.180 e. The topological polar surface area (TPSA) is 47.3 Å². The lowest BCUT2D eigenvalue weighted by Crippen LogP contribution is -2.43. The molecule has 0 aliphatic carbocycles. The van der Waals surface area contributed by atoms with Crippen molar-refractivity contribution >= 4 is 5.78 Å². The summed E-state index contributed by atoms with van der Waals surface area (Å²) >= 11 is 0. The highest BCUT2D eigenvalue weighted by molar-refractivity contribution is 6.02. The predicted octanol–water partition coefficient (Wildman–Crippen LogP) is 2.83. The van der Waals surface area contributed by atoms with Crippen molar-refractivity contribution in [3.05, 3.63) is 47.7 Å². The average molecular weight is 311 g/mol. The summed E-state index contributed by atoms with van der Waals surface area (Å²) < 4.78 is 0. The Labute approximate surface area is 139 Å². The van der Waals surface area contributed by atoms with Crippen LogP contribution < -0.4 is 0 Å². The lowest BCUT2D eigenvalue weighted by Gasteiger charge is -2.34. The molecule has 1 aliphatic heterocycles. The Morgan fingerprint density at radius 1 is 1.17 bits per heavy atom. The Hall–Kier alpha value is -2.12. The monoisotopic (exact) mass is 311 g/mol. The molecule has 1 aromatic carbocycles. The Morgan fingerprint density at radius 2 is 1.78 bits per heavy atom. The molecule has 0 aromatic heterocycles. The molecule has 4 heteroatoms. The standard InChI is InChI=1S/C19H25N3O/c1-19(2,3)18(23)17(13-20)15-22-11-9-21(10-12-22)14-16-7-5-4-6-8-16/h4-8,15H,9-12,14H2,1-3H3/b17-15+. The highest BCUT2D eigenvalue weighted by atomic mass is 16.1. The van der Waals surface area contributed by atoms with E-state index in [0.29, 0.717) is 0 Å². The zero-order chi connectivity index (χ0) is 16.9. The third-order valence-electron chi connectivity index (χ3n) is 4.01. The first-order valence-corrected chi connectivity index (χ1v) is 8.07. The van der Waals surface area contributed by atoms with Gasteiger partial charge in [-0.05, 0) is 5.56 Å². The Balaban J connectivity index is 1.92. The first-order chi connectivity index (χ1) is 10.9. The highest BCUT2D eigenvalue weighted by Crippen LogP contribution is 2.20. The van der Waals surface area contributed by atoms with E-state index in [4.69, 9.17) is 0 Å². The van der Waals surface area contributed by atoms with Gasteiger partial charge in [-0.2, -0.15) is 5.26 Å². The van der Waals surface area contributed by atoms with E-state index >= 15 is 0 Å². The number of hydrogen-bond acceptors (Lipinski definition) is 4. The van der Waals surface area contributed by atoms with E-state index in [1.807, 2.05) is 26.8 Å². The maximum Gasteiger partial charge on any atom is 0.180 e. The molecule has 0 amide bonds. The lowest BCUT2D eigenvalue weighted by atomic mass is 9.87. The fourth-order valence-electron chi connectivity index (χ4n) is 2.62. The van der Waals surface area contributed by atoms with E-state index in [1.54, 1.807) is 6.20 Å². The van der Waals surface area contributed by atoms with Crippen molar-refractivity contribution in [3.8, 4) is 6.07 Å². The number of ketones is 1. The van der Waals surface area contributed by atoms with E-state index in [1.165, 1.54) is 5.56 Å². The molecule has 0 spiro atoms. The van der Waals surface area contributed by atoms with Gasteiger partial charge >= 0.3 is 0 Å². The number of rotatable bonds is 4. The summed E-state index contributed by atoms with van der Waals surface area (Å²) in [6.45, 7) is 10.0. The van der Waals surface area contributed by atoms with Crippen LogP contribution in [0.3, 0.4) is 0 Å². The van der Waals surface area contributed by atoms with Crippen LogP contribution in [0.25, 0.3) is 0 Å². The summed E-state index contributed by atoms with van der Waals surface area (Å²) in [5, 5.41) is 9.26. The lowest BCUT2D eigenvalue weighted by molar-refractivity contribution is -0.122. The summed E-state index contributed by atoms with van der Waals surface area (Å²) in [7, 11) is 0. The van der Waals surface area contributed by atoms with Gasteiger partial charge in [-0.25, -0.2) is 0 Å². The van der Waals surface area contributed by atoms with Crippen molar-refractivity contribution in [3.63, 3.8) is 0 Å². The van der Waals surface area contributed by atoms with Gasteiger partial charge in [0.05, 0.1) is 0 Å². The van der Waals surface area contributed by atoms with Gasteiger partial charge < -0.3 is 4.90 Å². The van der Waals surface area contributed by atoms with Crippen molar-refractivity contribution in [1.29, 1.82) is 5.26 Å². The summed E-state index contributed by atoms with van der Waals surface area (Å²) in [6.07, 6.45) is 1.74. The first-order valence-electron chi connectivity index (χ1n) is 8.07. The average Bonchev–Trinajstić information content (AvgIpc) is 2.53. The van der Waals surface area contributed by atoms with Gasteiger partial charge in [0.15, 0.2) is 5.78 Å². The maximum atomic E-state index is 12.2. The van der Waals surface area contributed by atoms with Crippen molar-refractivity contribution in [2.75, 3.05) is 26.2 Å². The molecular weight excluding hydrogens is 286 g/mol. The number of nitrogens with zero attached hydrogens (tertiary/aromatic N) is 3. The molecule has 0 atom stereocenters. The maximum absolute atomic E-state index is 12.2. The van der Waals surface area contributed by atoms with E-state index in [-0.39, 0.29) is 11.4 Å². The number of allylic oxidation sites excluding steroid dienone is 1. The van der Waals surface area contributed by atoms with Crippen molar-refractivity contribution in [1.82, 2.24) is 9.80 Å². The number of Topliss-reactive ketones (excluding diaryl/α,β-unsaturated/α-hetero) is 1. The molecule has 2 rings (SSSR count). The van der Waals surface area contributed by atoms with Gasteiger partial charge in [-0.1, -0.05) is 51.1 Å². The van der Waals surface area contributed by atoms with Gasteiger partial charge in [0, 0.05) is 44.3 Å². The molecule has 1 aromatic rings. The highest BCUT2D eigenvalue weighted by Gasteiger charge is 2.26. The minimum atomic E-state index is -0.517. The molecule has 1 saturated heterocycles. The molecular formula is C19H25N3O. The van der Waals surface area contributed by atoms with Crippen LogP contribution >= 0.6 is 0 Å². The van der Waals surface area contributed by atoms with Crippen LogP contribution in [-0.2, 0) is 11.3 Å². The zero-order valence-corrected chi connectivity index (χ0v) is 14.2. The number of carbonyl (C=O) groups is 1. The Bertz CT molecular complexity index is 600. The van der Waals surface area contributed by atoms with E-state index < -0.39 is 5.41 Å². The largest absolute Gasteiger partial charge is 0.374 e. The third-order valence-corrected chi connectivity index (χ3v) is 4.01. The summed E-state index contributed by atoms with van der Waals surface area (Å²) in [5.41, 5.74) is 1.06. The molecule has 122 valence electrons. The minimum Gasteiger partial charge on any atom is -0.374 e. The number of hydrogen-bond donors (Lipinski definition) is 0. The second-order valence-corrected chi connectivity index (χ2v) is 7.03. The van der Waals surface area contributed by atoms with Gasteiger partial charge in [-0.3, -0.25) is 9.69 Å². The van der Waals surface area contributed by atoms with Crippen LogP contribution in [0.4, 0.5) is 0 Å². The van der Waals surface area contributed by atoms with Crippen LogP contribution in [-0.4, -0.2) is 41.8 Å². The number of piperazine rings is 1. The minimum absolute atomic E-state index is 0.0910. The van der Waals surface area contributed by atoms with Crippen LogP contribution in [0.2, 0.25) is 0 Å². The molecule has 4 nitrogen and oxygen atoms in total. The second kappa shape index (κ2) is 7.43. The summed E-state index contributed by atoms with van der Waals surface area (Å²) in [6, 6.07) is 12.5. The Kier molecular flexibility index (Phi) is 5.57. The van der Waals surface area contributed by atoms with Gasteiger partial charge in [0.2, 0.25) is 0 Å².